The van der Waals surface area contributed by atoms with Crippen molar-refractivity contribution in [3.8, 4) is 0 Å². The Kier molecular flexibility index (Phi) is 4.10. The normalized spacial score (nSPS) is 12.1. The third kappa shape index (κ3) is 2.55. The summed E-state index contributed by atoms with van der Waals surface area (Å²) in [4.78, 5) is 16.0. The van der Waals surface area contributed by atoms with E-state index in [9.17, 15) is 4.79 Å². The fourth-order valence-corrected chi connectivity index (χ4v) is 1.25. The Hall–Kier alpha value is -1.39. The van der Waals surface area contributed by atoms with Crippen molar-refractivity contribution in [2.24, 2.45) is 5.73 Å². The highest BCUT2D eigenvalue weighted by molar-refractivity contribution is 5.82. The van der Waals surface area contributed by atoms with Crippen molar-refractivity contribution in [2.75, 3.05) is 13.7 Å². The molecule has 4 nitrogen and oxygen atoms in total. The molecule has 1 atom stereocenters. The van der Waals surface area contributed by atoms with Gasteiger partial charge in [-0.25, -0.2) is 5.48 Å². The van der Waals surface area contributed by atoms with Crippen LogP contribution in [0.4, 0.5) is 0 Å². The fourth-order valence-electron chi connectivity index (χ4n) is 1.25. The number of carbonyl (C=O) groups excluding carboxylic acids is 1. The van der Waals surface area contributed by atoms with Crippen molar-refractivity contribution in [2.45, 2.75) is 5.92 Å². The van der Waals surface area contributed by atoms with Crippen LogP contribution in [-0.4, -0.2) is 19.6 Å². The third-order valence-corrected chi connectivity index (χ3v) is 1.96. The van der Waals surface area contributed by atoms with Gasteiger partial charge in [-0.3, -0.25) is 9.63 Å². The van der Waals surface area contributed by atoms with Crippen LogP contribution < -0.4 is 11.2 Å². The Morgan fingerprint density at radius 1 is 1.50 bits per heavy atom. The van der Waals surface area contributed by atoms with Crippen LogP contribution in [0, 0.1) is 0 Å². The Morgan fingerprint density at radius 3 is 2.64 bits per heavy atom. The van der Waals surface area contributed by atoms with E-state index in [0.717, 1.165) is 5.56 Å². The molecule has 0 aliphatic rings. The number of nitrogens with two attached hydrogens (primary N) is 1. The molecule has 0 heterocycles. The second-order valence-electron chi connectivity index (χ2n) is 2.87. The Morgan fingerprint density at radius 2 is 2.14 bits per heavy atom. The van der Waals surface area contributed by atoms with Crippen molar-refractivity contribution < 1.29 is 9.63 Å². The molecule has 0 fully saturated rings. The molecule has 0 aromatic heterocycles. The lowest BCUT2D eigenvalue weighted by Crippen LogP contribution is -2.32. The maximum atomic E-state index is 11.5. The Labute approximate surface area is 83.0 Å². The summed E-state index contributed by atoms with van der Waals surface area (Å²) >= 11 is 0. The molecular formula is C10H14N2O2. The van der Waals surface area contributed by atoms with Crippen LogP contribution in [0.5, 0.6) is 0 Å². The number of hydrogen-bond donors (Lipinski definition) is 2. The van der Waals surface area contributed by atoms with Gasteiger partial charge in [0, 0.05) is 6.54 Å². The molecule has 76 valence electrons. The molecule has 1 aromatic carbocycles. The fraction of sp³-hybridized carbons (Fsp3) is 0.300. The van der Waals surface area contributed by atoms with E-state index in [0.29, 0.717) is 0 Å². The molecule has 1 amide bonds. The van der Waals surface area contributed by atoms with Crippen LogP contribution in [0.1, 0.15) is 11.5 Å². The van der Waals surface area contributed by atoms with Crippen LogP contribution in [-0.2, 0) is 9.63 Å². The van der Waals surface area contributed by atoms with Crippen molar-refractivity contribution in [1.82, 2.24) is 5.48 Å². The minimum absolute atomic E-state index is 0.221. The predicted octanol–water partition coefficient (Wildman–Crippen LogP) is 0.406. The second-order valence-corrected chi connectivity index (χ2v) is 2.87. The van der Waals surface area contributed by atoms with Crippen LogP contribution in [0.3, 0.4) is 0 Å². The molecule has 0 radical (unpaired) electrons. The number of rotatable bonds is 4. The van der Waals surface area contributed by atoms with E-state index in [4.69, 9.17) is 5.73 Å². The van der Waals surface area contributed by atoms with E-state index in [1.54, 1.807) is 0 Å². The van der Waals surface area contributed by atoms with Crippen LogP contribution in [0.25, 0.3) is 0 Å². The van der Waals surface area contributed by atoms with Gasteiger partial charge in [-0.05, 0) is 5.56 Å². The number of amides is 1. The molecule has 1 aromatic rings. The van der Waals surface area contributed by atoms with Crippen LogP contribution in [0.15, 0.2) is 30.3 Å². The molecule has 14 heavy (non-hydrogen) atoms. The summed E-state index contributed by atoms with van der Waals surface area (Å²) in [5, 5.41) is 0. The Bertz CT molecular complexity index is 287. The first-order valence-corrected chi connectivity index (χ1v) is 4.37. The quantitative estimate of drug-likeness (QED) is 0.682. The molecular weight excluding hydrogens is 180 g/mol. The maximum Gasteiger partial charge on any atom is 0.252 e. The minimum Gasteiger partial charge on any atom is -0.329 e. The molecule has 4 heteroatoms. The summed E-state index contributed by atoms with van der Waals surface area (Å²) in [5.41, 5.74) is 8.69. The molecule has 0 saturated carbocycles. The van der Waals surface area contributed by atoms with Gasteiger partial charge in [-0.15, -0.1) is 0 Å². The summed E-state index contributed by atoms with van der Waals surface area (Å²) in [6.07, 6.45) is 0. The van der Waals surface area contributed by atoms with Gasteiger partial charge < -0.3 is 5.73 Å². The van der Waals surface area contributed by atoms with Gasteiger partial charge >= 0.3 is 0 Å². The van der Waals surface area contributed by atoms with E-state index in [1.807, 2.05) is 30.3 Å². The molecule has 3 N–H and O–H groups in total. The van der Waals surface area contributed by atoms with E-state index in [2.05, 4.69) is 10.3 Å². The van der Waals surface area contributed by atoms with E-state index >= 15 is 0 Å². The third-order valence-electron chi connectivity index (χ3n) is 1.96. The maximum absolute atomic E-state index is 11.5. The molecule has 0 saturated heterocycles. The highest BCUT2D eigenvalue weighted by atomic mass is 16.6. The van der Waals surface area contributed by atoms with Crippen molar-refractivity contribution in [1.29, 1.82) is 0 Å². The summed E-state index contributed by atoms with van der Waals surface area (Å²) in [5.74, 6) is -0.572. The highest BCUT2D eigenvalue weighted by Gasteiger charge is 2.18. The van der Waals surface area contributed by atoms with Crippen molar-refractivity contribution in [3.05, 3.63) is 35.9 Å². The number of benzene rings is 1. The van der Waals surface area contributed by atoms with Crippen molar-refractivity contribution in [3.63, 3.8) is 0 Å². The zero-order chi connectivity index (χ0) is 10.4. The second kappa shape index (κ2) is 5.36. The molecule has 0 aliphatic carbocycles. The zero-order valence-electron chi connectivity index (χ0n) is 8.07. The minimum atomic E-state index is -0.351. The Balaban J connectivity index is 2.77. The van der Waals surface area contributed by atoms with Gasteiger partial charge in [0.05, 0.1) is 13.0 Å². The van der Waals surface area contributed by atoms with Crippen LogP contribution in [0.2, 0.25) is 0 Å². The van der Waals surface area contributed by atoms with Gasteiger partial charge in [-0.2, -0.15) is 0 Å². The summed E-state index contributed by atoms with van der Waals surface area (Å²) in [6.45, 7) is 0.263. The van der Waals surface area contributed by atoms with Gasteiger partial charge in [0.15, 0.2) is 0 Å². The monoisotopic (exact) mass is 194 g/mol. The van der Waals surface area contributed by atoms with E-state index in [1.165, 1.54) is 7.11 Å². The lowest BCUT2D eigenvalue weighted by atomic mass is 9.99. The van der Waals surface area contributed by atoms with Crippen LogP contribution >= 0.6 is 0 Å². The summed E-state index contributed by atoms with van der Waals surface area (Å²) in [6, 6.07) is 9.38. The molecule has 1 rings (SSSR count). The number of carbonyl (C=O) groups is 1. The number of hydrogen-bond acceptors (Lipinski definition) is 3. The number of nitrogens with one attached hydrogen (secondary N) is 1. The predicted molar refractivity (Wildman–Crippen MR) is 53.4 cm³/mol. The molecule has 1 unspecified atom stereocenters. The first-order valence-electron chi connectivity index (χ1n) is 4.37. The van der Waals surface area contributed by atoms with Gasteiger partial charge in [-0.1, -0.05) is 30.3 Å². The van der Waals surface area contributed by atoms with E-state index < -0.39 is 0 Å². The van der Waals surface area contributed by atoms with E-state index in [-0.39, 0.29) is 18.4 Å². The molecule has 0 aliphatic heterocycles. The average molecular weight is 194 g/mol. The largest absolute Gasteiger partial charge is 0.329 e. The molecule has 0 spiro atoms. The lowest BCUT2D eigenvalue weighted by Gasteiger charge is -2.13. The molecule has 0 bridgehead atoms. The average Bonchev–Trinajstić information content (AvgIpc) is 2.21. The standard InChI is InChI=1S/C10H14N2O2/c1-14-12-10(13)9(7-11)8-5-3-2-4-6-8/h2-6,9H,7,11H2,1H3,(H,12,13). The zero-order valence-corrected chi connectivity index (χ0v) is 8.07. The summed E-state index contributed by atoms with van der Waals surface area (Å²) < 4.78 is 0. The first-order chi connectivity index (χ1) is 6.79. The first kappa shape index (κ1) is 10.7. The van der Waals surface area contributed by atoms with Gasteiger partial charge in [0.1, 0.15) is 0 Å². The van der Waals surface area contributed by atoms with Crippen molar-refractivity contribution >= 4 is 5.91 Å². The highest BCUT2D eigenvalue weighted by Crippen LogP contribution is 2.13. The SMILES string of the molecule is CONC(=O)C(CN)c1ccccc1. The van der Waals surface area contributed by atoms with Gasteiger partial charge in [0.2, 0.25) is 0 Å². The smallest absolute Gasteiger partial charge is 0.252 e. The summed E-state index contributed by atoms with van der Waals surface area (Å²) in [7, 11) is 1.40. The topological polar surface area (TPSA) is 64.3 Å². The van der Waals surface area contributed by atoms with Gasteiger partial charge in [0.25, 0.3) is 5.91 Å². The lowest BCUT2D eigenvalue weighted by molar-refractivity contribution is -0.132. The number of hydroxylamine groups is 1.